The van der Waals surface area contributed by atoms with E-state index in [1.54, 1.807) is 23.8 Å². The summed E-state index contributed by atoms with van der Waals surface area (Å²) < 4.78 is 31.3. The van der Waals surface area contributed by atoms with E-state index in [0.717, 1.165) is 12.7 Å². The molecule has 0 fully saturated rings. The van der Waals surface area contributed by atoms with Gasteiger partial charge in [-0.25, -0.2) is 9.52 Å². The number of anilines is 2. The maximum absolute atomic E-state index is 11.6. The molecule has 1 aromatic rings. The highest BCUT2D eigenvalue weighted by molar-refractivity contribution is 7.91. The van der Waals surface area contributed by atoms with Crippen LogP contribution in [0.2, 0.25) is 0 Å². The Kier molecular flexibility index (Phi) is 4.02. The van der Waals surface area contributed by atoms with Gasteiger partial charge in [-0.1, -0.05) is 6.07 Å². The van der Waals surface area contributed by atoms with E-state index in [1.165, 1.54) is 0 Å². The van der Waals surface area contributed by atoms with Crippen molar-refractivity contribution in [2.45, 2.75) is 13.8 Å². The lowest BCUT2D eigenvalue weighted by molar-refractivity contribution is 0.177. The van der Waals surface area contributed by atoms with Gasteiger partial charge in [-0.05, 0) is 31.0 Å². The average Bonchev–Trinajstić information content (AvgIpc) is 2.29. The molecule has 0 heterocycles. The highest BCUT2D eigenvalue weighted by Gasteiger charge is 2.17. The molecule has 0 atom stereocenters. The molecule has 100 valence electrons. The third-order valence-corrected chi connectivity index (χ3v) is 3.32. The molecule has 0 saturated carbocycles. The molecule has 0 aliphatic heterocycles. The summed E-state index contributed by atoms with van der Waals surface area (Å²) in [7, 11) is -3.00. The Balaban J connectivity index is 3.05. The van der Waals surface area contributed by atoms with Crippen LogP contribution in [-0.4, -0.2) is 21.6 Å². The highest BCUT2D eigenvalue weighted by atomic mass is 32.2. The predicted octanol–water partition coefficient (Wildman–Crippen LogP) is 0.898. The second-order valence-corrected chi connectivity index (χ2v) is 5.09. The first-order chi connectivity index (χ1) is 8.26. The van der Waals surface area contributed by atoms with Gasteiger partial charge in [0.1, 0.15) is 0 Å². The van der Waals surface area contributed by atoms with Gasteiger partial charge in [-0.2, -0.15) is 8.42 Å². The van der Waals surface area contributed by atoms with Gasteiger partial charge in [0, 0.05) is 0 Å². The minimum Gasteiger partial charge on any atom is -0.452 e. The normalized spacial score (nSPS) is 10.8. The number of nitrogens with two attached hydrogens (primary N) is 1. The van der Waals surface area contributed by atoms with E-state index in [1.807, 2.05) is 6.92 Å². The quantitative estimate of drug-likeness (QED) is 0.708. The largest absolute Gasteiger partial charge is 0.452 e. The van der Waals surface area contributed by atoms with Crippen molar-refractivity contribution >= 4 is 27.7 Å². The number of methoxy groups -OCH3 is 1. The molecular weight excluding hydrogens is 258 g/mol. The minimum absolute atomic E-state index is 0.242. The topological polar surface area (TPSA) is 111 Å². The maximum atomic E-state index is 11.6. The second kappa shape index (κ2) is 5.13. The van der Waals surface area contributed by atoms with Crippen molar-refractivity contribution in [3.63, 3.8) is 0 Å². The average molecular weight is 273 g/mol. The van der Waals surface area contributed by atoms with Crippen LogP contribution in [0.25, 0.3) is 0 Å². The van der Waals surface area contributed by atoms with Crippen molar-refractivity contribution in [2.75, 3.05) is 17.6 Å². The Morgan fingerprint density at radius 3 is 2.50 bits per heavy atom. The van der Waals surface area contributed by atoms with E-state index in [2.05, 4.69) is 9.46 Å². The minimum atomic E-state index is -4.06. The van der Waals surface area contributed by atoms with Crippen LogP contribution in [0.1, 0.15) is 11.1 Å². The van der Waals surface area contributed by atoms with Crippen molar-refractivity contribution in [3.05, 3.63) is 23.3 Å². The van der Waals surface area contributed by atoms with Crippen LogP contribution in [0.15, 0.2) is 12.1 Å². The van der Waals surface area contributed by atoms with Crippen LogP contribution >= 0.6 is 0 Å². The maximum Gasteiger partial charge on any atom is 0.422 e. The number of aryl methyl sites for hydroxylation is 1. The molecule has 1 rings (SSSR count). The lowest BCUT2D eigenvalue weighted by Gasteiger charge is -2.14. The van der Waals surface area contributed by atoms with Gasteiger partial charge in [0.2, 0.25) is 0 Å². The molecule has 0 bridgehead atoms. The molecule has 0 aliphatic rings. The molecule has 0 saturated heterocycles. The van der Waals surface area contributed by atoms with E-state index < -0.39 is 16.3 Å². The Morgan fingerprint density at radius 2 is 1.94 bits per heavy atom. The first kappa shape index (κ1) is 14.1. The Hall–Kier alpha value is -1.96. The Morgan fingerprint density at radius 1 is 1.33 bits per heavy atom. The number of hydrogen-bond acceptors (Lipinski definition) is 5. The van der Waals surface area contributed by atoms with E-state index >= 15 is 0 Å². The van der Waals surface area contributed by atoms with Crippen molar-refractivity contribution in [3.8, 4) is 0 Å². The van der Waals surface area contributed by atoms with Crippen molar-refractivity contribution in [1.29, 1.82) is 0 Å². The number of nitrogens with one attached hydrogen (secondary N) is 2. The number of amides is 1. The van der Waals surface area contributed by atoms with Crippen molar-refractivity contribution in [1.82, 2.24) is 4.72 Å². The fraction of sp³-hybridized carbons (Fsp3) is 0.300. The summed E-state index contributed by atoms with van der Waals surface area (Å²) in [5.74, 6) is 0. The number of ether oxygens (including phenoxy) is 1. The van der Waals surface area contributed by atoms with E-state index in [9.17, 15) is 13.2 Å². The zero-order valence-corrected chi connectivity index (χ0v) is 11.1. The van der Waals surface area contributed by atoms with Gasteiger partial charge >= 0.3 is 16.3 Å². The fourth-order valence-electron chi connectivity index (χ4n) is 1.28. The van der Waals surface area contributed by atoms with Gasteiger partial charge < -0.3 is 10.5 Å². The summed E-state index contributed by atoms with van der Waals surface area (Å²) >= 11 is 0. The lowest BCUT2D eigenvalue weighted by atomic mass is 10.1. The van der Waals surface area contributed by atoms with E-state index in [0.29, 0.717) is 5.56 Å². The monoisotopic (exact) mass is 273 g/mol. The van der Waals surface area contributed by atoms with Gasteiger partial charge in [0.25, 0.3) is 0 Å². The van der Waals surface area contributed by atoms with Crippen molar-refractivity contribution < 1.29 is 17.9 Å². The molecule has 0 aliphatic carbocycles. The summed E-state index contributed by atoms with van der Waals surface area (Å²) in [5, 5.41) is 0. The number of carbonyl (C=O) groups excluding carboxylic acids is 1. The van der Waals surface area contributed by atoms with Crippen LogP contribution in [-0.2, 0) is 14.9 Å². The van der Waals surface area contributed by atoms with Crippen LogP contribution in [0, 0.1) is 13.8 Å². The number of benzene rings is 1. The zero-order chi connectivity index (χ0) is 13.9. The molecule has 1 aromatic carbocycles. The Labute approximate surface area is 106 Å². The number of carbonyl (C=O) groups is 1. The van der Waals surface area contributed by atoms with E-state index in [-0.39, 0.29) is 11.4 Å². The third kappa shape index (κ3) is 3.27. The number of hydrogen-bond donors (Lipinski definition) is 3. The summed E-state index contributed by atoms with van der Waals surface area (Å²) in [4.78, 5) is 10.9. The summed E-state index contributed by atoms with van der Waals surface area (Å²) in [6.45, 7) is 3.54. The fourth-order valence-corrected chi connectivity index (χ4v) is 2.18. The predicted molar refractivity (Wildman–Crippen MR) is 68.4 cm³/mol. The molecule has 4 N–H and O–H groups in total. The molecule has 0 unspecified atom stereocenters. The van der Waals surface area contributed by atoms with Gasteiger partial charge in [0.15, 0.2) is 0 Å². The van der Waals surface area contributed by atoms with Crippen molar-refractivity contribution in [2.24, 2.45) is 0 Å². The SMILES string of the molecule is COC(=O)NS(=O)(=O)Nc1c(N)ccc(C)c1C. The molecule has 18 heavy (non-hydrogen) atoms. The standard InChI is InChI=1S/C10H15N3O4S/c1-6-4-5-8(11)9(7(6)2)12-18(15,16)13-10(14)17-3/h4-5,12H,11H2,1-3H3,(H,13,14). The van der Waals surface area contributed by atoms with Crippen LogP contribution < -0.4 is 15.2 Å². The molecule has 0 spiro atoms. The lowest BCUT2D eigenvalue weighted by Crippen LogP contribution is -2.35. The van der Waals surface area contributed by atoms with Gasteiger partial charge in [-0.3, -0.25) is 4.72 Å². The van der Waals surface area contributed by atoms with Gasteiger partial charge in [-0.15, -0.1) is 0 Å². The summed E-state index contributed by atoms with van der Waals surface area (Å²) in [6.07, 6.45) is -1.08. The van der Waals surface area contributed by atoms with Crippen LogP contribution in [0.3, 0.4) is 0 Å². The zero-order valence-electron chi connectivity index (χ0n) is 10.3. The first-order valence-corrected chi connectivity index (χ1v) is 6.49. The highest BCUT2D eigenvalue weighted by Crippen LogP contribution is 2.26. The molecule has 0 aromatic heterocycles. The smallest absolute Gasteiger partial charge is 0.422 e. The molecule has 8 heteroatoms. The molecular formula is C10H15N3O4S. The summed E-state index contributed by atoms with van der Waals surface area (Å²) in [5.41, 5.74) is 7.76. The number of rotatable bonds is 3. The summed E-state index contributed by atoms with van der Waals surface area (Å²) in [6, 6.07) is 3.36. The molecule has 1 amide bonds. The number of nitrogen functional groups attached to an aromatic ring is 1. The molecule has 0 radical (unpaired) electrons. The van der Waals surface area contributed by atoms with E-state index in [4.69, 9.17) is 5.73 Å². The Bertz CT molecular complexity index is 569. The van der Waals surface area contributed by atoms with Crippen LogP contribution in [0.4, 0.5) is 16.2 Å². The van der Waals surface area contributed by atoms with Crippen LogP contribution in [0.5, 0.6) is 0 Å². The van der Waals surface area contributed by atoms with Gasteiger partial charge in [0.05, 0.1) is 18.5 Å². The second-order valence-electron chi connectivity index (χ2n) is 3.67. The first-order valence-electron chi connectivity index (χ1n) is 5.01. The third-order valence-electron chi connectivity index (χ3n) is 2.41. The molecule has 7 nitrogen and oxygen atoms in total.